The average Bonchev–Trinajstić information content (AvgIpc) is 1.76. The van der Waals surface area contributed by atoms with Crippen molar-refractivity contribution in [1.82, 2.24) is 0 Å². The van der Waals surface area contributed by atoms with Crippen molar-refractivity contribution in [2.24, 2.45) is 0 Å². The molecule has 0 bridgehead atoms. The molecule has 0 fully saturated rings. The molecule has 0 aliphatic carbocycles. The zero-order valence-electron chi connectivity index (χ0n) is 4.99. The van der Waals surface area contributed by atoms with Gasteiger partial charge in [-0.2, -0.15) is 0 Å². The zero-order valence-corrected chi connectivity index (χ0v) is 14.7. The van der Waals surface area contributed by atoms with Crippen molar-refractivity contribution in [3.63, 3.8) is 0 Å². The third-order valence-electron chi connectivity index (χ3n) is 0.496. The quantitative estimate of drug-likeness (QED) is 0.572. The molecule has 0 saturated heterocycles. The molecule has 0 amide bonds. The first-order chi connectivity index (χ1) is 2.50. The minimum Gasteiger partial charge on any atom is -0.140 e. The van der Waals surface area contributed by atoms with E-state index in [1.807, 2.05) is 0 Å². The van der Waals surface area contributed by atoms with Gasteiger partial charge in [0, 0.05) is 80.9 Å². The molecule has 1 aromatic heterocycles. The Morgan fingerprint density at radius 3 is 1.44 bits per heavy atom. The normalized spacial score (nSPS) is 4.44. The molecular weight excluding hydrogens is 365 g/mol. The van der Waals surface area contributed by atoms with Crippen LogP contribution < -0.4 is 0 Å². The van der Waals surface area contributed by atoms with Crippen LogP contribution in [0.4, 0.5) is 0 Å². The van der Waals surface area contributed by atoms with Gasteiger partial charge in [0.1, 0.15) is 0 Å². The largest absolute Gasteiger partial charge is 0.140 e. The first-order valence-corrected chi connectivity index (χ1v) is 2.73. The molecule has 0 aliphatic rings. The summed E-state index contributed by atoms with van der Waals surface area (Å²) in [6.07, 6.45) is 0. The third-order valence-corrected chi connectivity index (χ3v) is 1.27. The van der Waals surface area contributed by atoms with E-state index >= 15 is 0 Å². The number of rotatable bonds is 0. The van der Waals surface area contributed by atoms with Crippen molar-refractivity contribution in [3.05, 3.63) is 23.7 Å². The summed E-state index contributed by atoms with van der Waals surface area (Å²) in [5, 5.41) is 0. The first-order valence-electron chi connectivity index (χ1n) is 1.58. The van der Waals surface area contributed by atoms with E-state index in [1.165, 1.54) is 0 Å². The molecule has 0 spiro atoms. The molecule has 0 atom stereocenters. The standard InChI is InChI=1S/C4H5P.Al.As.Ga.In/c1-2-4-5-3-1;;;;/h1-5H;;;;. The van der Waals surface area contributed by atoms with Crippen LogP contribution in [0.15, 0.2) is 23.7 Å². The van der Waals surface area contributed by atoms with Gasteiger partial charge in [0.25, 0.3) is 0 Å². The Bertz CT molecular complexity index is 77.0. The first kappa shape index (κ1) is 22.5. The topological polar surface area (TPSA) is 0 Å². The van der Waals surface area contributed by atoms with E-state index in [2.05, 4.69) is 23.7 Å². The van der Waals surface area contributed by atoms with E-state index in [0.29, 0.717) is 0 Å². The SMILES string of the molecule is [Al].[As].[Ga].[In].c1cc[pH]c1. The van der Waals surface area contributed by atoms with E-state index in [0.717, 1.165) is 8.19 Å². The van der Waals surface area contributed by atoms with Gasteiger partial charge in [0.2, 0.25) is 0 Å². The summed E-state index contributed by atoms with van der Waals surface area (Å²) in [6.45, 7) is 0. The molecule has 1 rings (SSSR count). The van der Waals surface area contributed by atoms with Crippen molar-refractivity contribution in [1.29, 1.82) is 0 Å². The molecule has 40 valence electrons. The molecule has 0 N–H and O–H groups in total. The van der Waals surface area contributed by atoms with Gasteiger partial charge < -0.3 is 0 Å². The maximum atomic E-state index is 2.15. The van der Waals surface area contributed by atoms with Gasteiger partial charge in [-0.25, -0.2) is 0 Å². The second-order valence-electron chi connectivity index (χ2n) is 0.885. The molecule has 0 aliphatic heterocycles. The molecule has 9 heavy (non-hydrogen) atoms. The van der Waals surface area contributed by atoms with E-state index in [-0.39, 0.29) is 80.9 Å². The van der Waals surface area contributed by atoms with Gasteiger partial charge in [0.15, 0.2) is 0 Å². The molecule has 5 heteroatoms. The van der Waals surface area contributed by atoms with Crippen molar-refractivity contribution < 1.29 is 0 Å². The molecule has 1 aromatic rings. The summed E-state index contributed by atoms with van der Waals surface area (Å²) in [4.78, 5) is 0. The van der Waals surface area contributed by atoms with E-state index in [1.54, 1.807) is 0 Å². The predicted molar refractivity (Wildman–Crippen MR) is 49.0 cm³/mol. The van der Waals surface area contributed by atoms with E-state index in [4.69, 9.17) is 0 Å². The fourth-order valence-corrected chi connectivity index (χ4v) is 0.833. The van der Waals surface area contributed by atoms with Crippen LogP contribution in [0.3, 0.4) is 0 Å². The number of hydrogen-bond donors (Lipinski definition) is 0. The maximum absolute atomic E-state index is 2.15. The van der Waals surface area contributed by atoms with Crippen LogP contribution in [0, 0.1) is 0 Å². The summed E-state index contributed by atoms with van der Waals surface area (Å²) >= 11 is 0. The summed E-state index contributed by atoms with van der Waals surface area (Å²) in [7, 11) is 0.948. The molecule has 0 nitrogen and oxygen atoms in total. The van der Waals surface area contributed by atoms with Crippen LogP contribution in [-0.2, 0) is 0 Å². The molecule has 12 radical (unpaired) electrons. The van der Waals surface area contributed by atoms with Gasteiger partial charge in [-0.3, -0.25) is 0 Å². The molecule has 0 aromatic carbocycles. The smallest absolute Gasteiger partial charge is 0 e. The van der Waals surface area contributed by atoms with E-state index in [9.17, 15) is 0 Å². The monoisotopic (exact) mass is 370 g/mol. The van der Waals surface area contributed by atoms with Crippen molar-refractivity contribution >= 4 is 89.1 Å². The van der Waals surface area contributed by atoms with Crippen molar-refractivity contribution in [2.45, 2.75) is 0 Å². The molecule has 0 unspecified atom stereocenters. The van der Waals surface area contributed by atoms with Crippen LogP contribution in [0.2, 0.25) is 0 Å². The van der Waals surface area contributed by atoms with Crippen LogP contribution in [0.25, 0.3) is 0 Å². The average molecular weight is 371 g/mol. The summed E-state index contributed by atoms with van der Waals surface area (Å²) in [5.74, 6) is 4.31. The second-order valence-corrected chi connectivity index (χ2v) is 1.88. The number of hydrogen-bond acceptors (Lipinski definition) is 0. The summed E-state index contributed by atoms with van der Waals surface area (Å²) in [5.41, 5.74) is 0. The second kappa shape index (κ2) is 16.8. The fourth-order valence-electron chi connectivity index (χ4n) is 0.278. The molecule has 1 heterocycles. The molecular formula is C4H5AlAsGaInP. The molecule has 0 saturated carbocycles. The van der Waals surface area contributed by atoms with Gasteiger partial charge in [-0.1, -0.05) is 12.1 Å². The summed E-state index contributed by atoms with van der Waals surface area (Å²) < 4.78 is 0. The van der Waals surface area contributed by atoms with Gasteiger partial charge in [0.05, 0.1) is 0 Å². The van der Waals surface area contributed by atoms with Crippen LogP contribution in [0.5, 0.6) is 0 Å². The predicted octanol–water partition coefficient (Wildman–Crippen LogP) is 0.195. The minimum absolute atomic E-state index is 0. The Hall–Kier alpha value is 2.38. The van der Waals surface area contributed by atoms with Crippen molar-refractivity contribution in [2.75, 3.05) is 0 Å². The third kappa shape index (κ3) is 13.4. The minimum atomic E-state index is 0. The summed E-state index contributed by atoms with van der Waals surface area (Å²) in [6, 6.07) is 4.14. The van der Waals surface area contributed by atoms with Crippen LogP contribution in [-0.4, -0.2) is 80.9 Å². The Morgan fingerprint density at radius 2 is 1.33 bits per heavy atom. The zero-order chi connectivity index (χ0) is 3.54. The fraction of sp³-hybridized carbons (Fsp3) is 0. The Morgan fingerprint density at radius 1 is 1.00 bits per heavy atom. The Balaban J connectivity index is -0.0000000312. The van der Waals surface area contributed by atoms with Gasteiger partial charge >= 0.3 is 0 Å². The van der Waals surface area contributed by atoms with Crippen LogP contribution in [0.1, 0.15) is 0 Å². The van der Waals surface area contributed by atoms with E-state index < -0.39 is 0 Å². The van der Waals surface area contributed by atoms with Crippen molar-refractivity contribution in [3.8, 4) is 0 Å². The Kier molecular flexibility index (Phi) is 41.9. The van der Waals surface area contributed by atoms with Gasteiger partial charge in [-0.15, -0.1) is 8.19 Å². The maximum Gasteiger partial charge on any atom is 0 e. The Labute approximate surface area is 111 Å². The van der Waals surface area contributed by atoms with Crippen LogP contribution >= 0.6 is 8.19 Å². The van der Waals surface area contributed by atoms with Gasteiger partial charge in [-0.05, 0) is 11.6 Å².